The molecule has 0 spiro atoms. The van der Waals surface area contributed by atoms with Crippen LogP contribution in [-0.2, 0) is 13.6 Å². The summed E-state index contributed by atoms with van der Waals surface area (Å²) in [7, 11) is 1.71. The van der Waals surface area contributed by atoms with E-state index in [0.29, 0.717) is 17.8 Å². The van der Waals surface area contributed by atoms with Gasteiger partial charge in [-0.1, -0.05) is 24.3 Å². The third kappa shape index (κ3) is 4.26. The zero-order valence-corrected chi connectivity index (χ0v) is 16.1. The van der Waals surface area contributed by atoms with Crippen molar-refractivity contribution in [2.75, 3.05) is 11.9 Å². The van der Waals surface area contributed by atoms with Crippen LogP contribution in [0.3, 0.4) is 0 Å². The SMILES string of the molecule is Cn1cc2c(n1)C(=O)NC/C=C/CCCn1cc(cn1)-c1cccc(c1)C(=O)N2. The first-order chi connectivity index (χ1) is 14.1. The number of hydrogen-bond acceptors (Lipinski definition) is 4. The molecule has 3 heterocycles. The number of carbonyl (C=O) groups is 2. The van der Waals surface area contributed by atoms with Crippen LogP contribution in [0.1, 0.15) is 33.7 Å². The number of nitrogens with zero attached hydrogens (tertiary/aromatic N) is 4. The molecule has 2 aromatic heterocycles. The molecule has 3 aromatic rings. The second-order valence-electron chi connectivity index (χ2n) is 6.92. The lowest BCUT2D eigenvalue weighted by Gasteiger charge is -2.07. The van der Waals surface area contributed by atoms with E-state index in [0.717, 1.165) is 30.5 Å². The Hall–Kier alpha value is -3.68. The van der Waals surface area contributed by atoms with Crippen LogP contribution in [0.2, 0.25) is 0 Å². The third-order valence-corrected chi connectivity index (χ3v) is 4.69. The predicted molar refractivity (Wildman–Crippen MR) is 110 cm³/mol. The summed E-state index contributed by atoms with van der Waals surface area (Å²) in [4.78, 5) is 25.3. The Morgan fingerprint density at radius 1 is 1.03 bits per heavy atom. The number of carbonyl (C=O) groups excluding carboxylic acids is 2. The average molecular weight is 390 g/mol. The zero-order chi connectivity index (χ0) is 20.2. The van der Waals surface area contributed by atoms with Gasteiger partial charge in [0, 0.05) is 43.7 Å². The van der Waals surface area contributed by atoms with Crippen LogP contribution in [0.25, 0.3) is 11.1 Å². The van der Waals surface area contributed by atoms with E-state index in [4.69, 9.17) is 0 Å². The van der Waals surface area contributed by atoms with Crippen molar-refractivity contribution in [1.29, 1.82) is 0 Å². The highest BCUT2D eigenvalue weighted by molar-refractivity contribution is 6.08. The lowest BCUT2D eigenvalue weighted by molar-refractivity contribution is 0.0953. The molecule has 8 heteroatoms. The Morgan fingerprint density at radius 2 is 1.90 bits per heavy atom. The van der Waals surface area contributed by atoms with Gasteiger partial charge in [0.05, 0.1) is 11.9 Å². The first-order valence-electron chi connectivity index (χ1n) is 9.51. The van der Waals surface area contributed by atoms with E-state index in [1.807, 2.05) is 47.4 Å². The maximum absolute atomic E-state index is 12.8. The normalized spacial score (nSPS) is 16.2. The fraction of sp³-hybridized carbons (Fsp3) is 0.238. The molecular formula is C21H22N6O2. The molecule has 2 N–H and O–H groups in total. The van der Waals surface area contributed by atoms with E-state index in [9.17, 15) is 9.59 Å². The number of aromatic nitrogens is 4. The van der Waals surface area contributed by atoms with Crippen LogP contribution in [0, 0.1) is 0 Å². The van der Waals surface area contributed by atoms with Gasteiger partial charge in [-0.2, -0.15) is 10.2 Å². The van der Waals surface area contributed by atoms with Crippen molar-refractivity contribution in [2.45, 2.75) is 19.4 Å². The fourth-order valence-corrected chi connectivity index (χ4v) is 3.22. The van der Waals surface area contributed by atoms with Gasteiger partial charge in [0.2, 0.25) is 0 Å². The summed E-state index contributed by atoms with van der Waals surface area (Å²) in [5.41, 5.74) is 2.92. The molecule has 1 aromatic carbocycles. The van der Waals surface area contributed by atoms with Gasteiger partial charge in [0.1, 0.15) is 0 Å². The van der Waals surface area contributed by atoms with Gasteiger partial charge in [-0.05, 0) is 30.5 Å². The minimum Gasteiger partial charge on any atom is -0.347 e. The summed E-state index contributed by atoms with van der Waals surface area (Å²) < 4.78 is 3.41. The van der Waals surface area contributed by atoms with Gasteiger partial charge in [0.25, 0.3) is 11.8 Å². The van der Waals surface area contributed by atoms with Crippen molar-refractivity contribution < 1.29 is 9.59 Å². The molecule has 0 unspecified atom stereocenters. The number of nitrogens with one attached hydrogen (secondary N) is 2. The minimum atomic E-state index is -0.330. The molecule has 4 rings (SSSR count). The zero-order valence-electron chi connectivity index (χ0n) is 16.1. The predicted octanol–water partition coefficient (Wildman–Crippen LogP) is 2.62. The number of rotatable bonds is 0. The highest BCUT2D eigenvalue weighted by Crippen LogP contribution is 2.21. The van der Waals surface area contributed by atoms with Crippen molar-refractivity contribution in [3.8, 4) is 11.1 Å². The molecule has 4 bridgehead atoms. The summed E-state index contributed by atoms with van der Waals surface area (Å²) in [6.45, 7) is 1.20. The van der Waals surface area contributed by atoms with E-state index in [1.54, 1.807) is 19.3 Å². The number of allylic oxidation sites excluding steroid dienone is 1. The Bertz CT molecular complexity index is 1080. The molecule has 2 amide bonds. The van der Waals surface area contributed by atoms with E-state index >= 15 is 0 Å². The van der Waals surface area contributed by atoms with Crippen molar-refractivity contribution in [3.05, 3.63) is 66.3 Å². The smallest absolute Gasteiger partial charge is 0.274 e. The monoisotopic (exact) mass is 390 g/mol. The number of benzene rings is 1. The maximum atomic E-state index is 12.8. The lowest BCUT2D eigenvalue weighted by atomic mass is 10.1. The average Bonchev–Trinajstić information content (AvgIpc) is 3.33. The Kier molecular flexibility index (Phi) is 5.24. The minimum absolute atomic E-state index is 0.188. The lowest BCUT2D eigenvalue weighted by Crippen LogP contribution is -2.25. The standard InChI is InChI=1S/C21H22N6O2/c1-26-14-18-19(25-26)21(29)22-9-4-2-3-5-10-27-13-17(12-23-27)15-7-6-8-16(11-15)20(28)24-18/h2,4,6-8,11-14H,3,5,9-10H2,1H3,(H,22,29)(H,24,28)/b4-2+. The summed E-state index contributed by atoms with van der Waals surface area (Å²) in [5.74, 6) is -0.634. The van der Waals surface area contributed by atoms with E-state index in [1.165, 1.54) is 4.68 Å². The van der Waals surface area contributed by atoms with Gasteiger partial charge in [-0.25, -0.2) is 0 Å². The molecule has 0 radical (unpaired) electrons. The molecule has 0 saturated heterocycles. The Balaban J connectivity index is 1.68. The van der Waals surface area contributed by atoms with E-state index in [-0.39, 0.29) is 17.5 Å². The number of anilines is 1. The van der Waals surface area contributed by atoms with E-state index < -0.39 is 0 Å². The Morgan fingerprint density at radius 3 is 2.79 bits per heavy atom. The molecule has 0 saturated carbocycles. The highest BCUT2D eigenvalue weighted by Gasteiger charge is 2.18. The maximum Gasteiger partial charge on any atom is 0.274 e. The molecule has 0 aliphatic carbocycles. The molecule has 148 valence electrons. The largest absolute Gasteiger partial charge is 0.347 e. The van der Waals surface area contributed by atoms with E-state index in [2.05, 4.69) is 20.8 Å². The van der Waals surface area contributed by atoms with Crippen LogP contribution in [0.4, 0.5) is 5.69 Å². The first-order valence-corrected chi connectivity index (χ1v) is 9.51. The second kappa shape index (κ2) is 8.14. The second-order valence-corrected chi connectivity index (χ2v) is 6.92. The molecule has 1 aliphatic heterocycles. The fourth-order valence-electron chi connectivity index (χ4n) is 3.22. The summed E-state index contributed by atoms with van der Waals surface area (Å²) in [5, 5.41) is 14.2. The summed E-state index contributed by atoms with van der Waals surface area (Å²) in [6, 6.07) is 7.34. The highest BCUT2D eigenvalue weighted by atomic mass is 16.2. The third-order valence-electron chi connectivity index (χ3n) is 4.69. The number of hydrogen-bond donors (Lipinski definition) is 2. The first kappa shape index (κ1) is 18.7. The van der Waals surface area contributed by atoms with Crippen molar-refractivity contribution in [1.82, 2.24) is 24.9 Å². The van der Waals surface area contributed by atoms with Gasteiger partial charge < -0.3 is 10.6 Å². The molecule has 29 heavy (non-hydrogen) atoms. The molecule has 8 nitrogen and oxygen atoms in total. The molecule has 1 aliphatic rings. The molecular weight excluding hydrogens is 368 g/mol. The molecule has 0 atom stereocenters. The summed E-state index contributed by atoms with van der Waals surface area (Å²) >= 11 is 0. The summed E-state index contributed by atoms with van der Waals surface area (Å²) in [6.07, 6.45) is 11.2. The van der Waals surface area contributed by atoms with Crippen molar-refractivity contribution >= 4 is 17.5 Å². The topological polar surface area (TPSA) is 93.8 Å². The van der Waals surface area contributed by atoms with Crippen LogP contribution in [0.5, 0.6) is 0 Å². The van der Waals surface area contributed by atoms with Crippen LogP contribution >= 0.6 is 0 Å². The van der Waals surface area contributed by atoms with Crippen LogP contribution in [0.15, 0.2) is 55.0 Å². The van der Waals surface area contributed by atoms with Gasteiger partial charge in [-0.15, -0.1) is 0 Å². The number of aryl methyl sites for hydroxylation is 2. The van der Waals surface area contributed by atoms with Crippen molar-refractivity contribution in [2.24, 2.45) is 7.05 Å². The molecule has 0 fully saturated rings. The van der Waals surface area contributed by atoms with Gasteiger partial charge in [0.15, 0.2) is 5.69 Å². The quantitative estimate of drug-likeness (QED) is 0.577. The van der Waals surface area contributed by atoms with Crippen LogP contribution < -0.4 is 10.6 Å². The van der Waals surface area contributed by atoms with Gasteiger partial charge >= 0.3 is 0 Å². The van der Waals surface area contributed by atoms with Crippen LogP contribution in [-0.4, -0.2) is 37.9 Å². The van der Waals surface area contributed by atoms with Crippen molar-refractivity contribution in [3.63, 3.8) is 0 Å². The number of amides is 2. The Labute approximate surface area is 168 Å². The van der Waals surface area contributed by atoms with Gasteiger partial charge in [-0.3, -0.25) is 19.0 Å². The number of fused-ring (bicyclic) bond motifs is 6.